The maximum Gasteiger partial charge on any atom is 0.279 e. The van der Waals surface area contributed by atoms with Crippen LogP contribution in [0.5, 0.6) is 11.5 Å². The van der Waals surface area contributed by atoms with Crippen molar-refractivity contribution >= 4 is 23.4 Å². The van der Waals surface area contributed by atoms with E-state index >= 15 is 0 Å². The van der Waals surface area contributed by atoms with E-state index in [-0.39, 0.29) is 6.61 Å². The van der Waals surface area contributed by atoms with Crippen LogP contribution in [0.25, 0.3) is 0 Å². The lowest BCUT2D eigenvalue weighted by Gasteiger charge is -2.15. The average molecular weight is 367 g/mol. The van der Waals surface area contributed by atoms with Gasteiger partial charge < -0.3 is 9.47 Å². The molecule has 0 aromatic heterocycles. The molecule has 0 bridgehead atoms. The van der Waals surface area contributed by atoms with Crippen LogP contribution in [-0.4, -0.2) is 24.5 Å². The summed E-state index contributed by atoms with van der Waals surface area (Å²) in [6.45, 7) is 1.21. The minimum Gasteiger partial charge on any atom is -0.484 e. The standard InChI is InChI=1S/C17H16ClFN2O4/c1-11(25-15-8-4-13(19)5-9-15)17(23)21-20-16(22)10-24-14-6-2-12(18)3-7-14/h2-9,11H,10H2,1H3,(H,20,22)(H,21,23)/t11-/m1/s1. The van der Waals surface area contributed by atoms with Gasteiger partial charge >= 0.3 is 0 Å². The summed E-state index contributed by atoms with van der Waals surface area (Å²) in [4.78, 5) is 23.5. The molecule has 0 unspecified atom stereocenters. The number of benzene rings is 2. The van der Waals surface area contributed by atoms with Crippen molar-refractivity contribution in [3.05, 3.63) is 59.4 Å². The van der Waals surface area contributed by atoms with Crippen LogP contribution in [0.4, 0.5) is 4.39 Å². The van der Waals surface area contributed by atoms with E-state index in [1.165, 1.54) is 31.2 Å². The van der Waals surface area contributed by atoms with Crippen LogP contribution in [-0.2, 0) is 9.59 Å². The Balaban J connectivity index is 1.71. The van der Waals surface area contributed by atoms with Crippen LogP contribution in [0, 0.1) is 5.82 Å². The van der Waals surface area contributed by atoms with Gasteiger partial charge in [0.2, 0.25) is 0 Å². The van der Waals surface area contributed by atoms with Gasteiger partial charge in [0.05, 0.1) is 0 Å². The minimum atomic E-state index is -0.886. The molecule has 2 rings (SSSR count). The molecule has 0 heterocycles. The fraction of sp³-hybridized carbons (Fsp3) is 0.176. The fourth-order valence-electron chi connectivity index (χ4n) is 1.72. The number of carbonyl (C=O) groups excluding carboxylic acids is 2. The van der Waals surface area contributed by atoms with Gasteiger partial charge in [0.25, 0.3) is 11.8 Å². The lowest BCUT2D eigenvalue weighted by molar-refractivity contribution is -0.133. The Labute approximate surface area is 148 Å². The molecule has 0 fully saturated rings. The van der Waals surface area contributed by atoms with Crippen LogP contribution >= 0.6 is 11.6 Å². The molecular weight excluding hydrogens is 351 g/mol. The summed E-state index contributed by atoms with van der Waals surface area (Å²) in [6, 6.07) is 11.7. The second-order valence-electron chi connectivity index (χ2n) is 4.99. The third-order valence-corrected chi connectivity index (χ3v) is 3.26. The molecule has 2 aromatic rings. The van der Waals surface area contributed by atoms with Gasteiger partial charge in [-0.1, -0.05) is 11.6 Å². The summed E-state index contributed by atoms with van der Waals surface area (Å²) in [5.41, 5.74) is 4.43. The Morgan fingerprint density at radius 1 is 1.04 bits per heavy atom. The maximum atomic E-state index is 12.8. The van der Waals surface area contributed by atoms with Gasteiger partial charge in [-0.3, -0.25) is 20.4 Å². The summed E-state index contributed by atoms with van der Waals surface area (Å²) in [5, 5.41) is 0.555. The van der Waals surface area contributed by atoms with E-state index in [0.29, 0.717) is 16.5 Å². The molecule has 2 N–H and O–H groups in total. The molecule has 132 valence electrons. The SMILES string of the molecule is C[C@@H](Oc1ccc(F)cc1)C(=O)NNC(=O)COc1ccc(Cl)cc1. The van der Waals surface area contributed by atoms with Crippen molar-refractivity contribution in [3.8, 4) is 11.5 Å². The Morgan fingerprint density at radius 3 is 2.28 bits per heavy atom. The zero-order chi connectivity index (χ0) is 18.2. The predicted molar refractivity (Wildman–Crippen MR) is 89.7 cm³/mol. The Hall–Kier alpha value is -2.80. The number of hydrogen-bond donors (Lipinski definition) is 2. The first kappa shape index (κ1) is 18.5. The number of hydrazine groups is 1. The molecule has 0 saturated carbocycles. The summed E-state index contributed by atoms with van der Waals surface area (Å²) >= 11 is 5.74. The quantitative estimate of drug-likeness (QED) is 0.770. The van der Waals surface area contributed by atoms with Crippen molar-refractivity contribution in [2.24, 2.45) is 0 Å². The van der Waals surface area contributed by atoms with Gasteiger partial charge in [0.1, 0.15) is 17.3 Å². The molecule has 2 amide bonds. The lowest BCUT2D eigenvalue weighted by Crippen LogP contribution is -2.48. The zero-order valence-corrected chi connectivity index (χ0v) is 14.0. The zero-order valence-electron chi connectivity index (χ0n) is 13.3. The third kappa shape index (κ3) is 6.31. The van der Waals surface area contributed by atoms with Crippen molar-refractivity contribution < 1.29 is 23.5 Å². The smallest absolute Gasteiger partial charge is 0.279 e. The molecule has 0 aliphatic carbocycles. The average Bonchev–Trinajstić information content (AvgIpc) is 2.61. The number of rotatable bonds is 6. The van der Waals surface area contributed by atoms with E-state index in [4.69, 9.17) is 21.1 Å². The molecule has 0 radical (unpaired) electrons. The molecule has 0 spiro atoms. The van der Waals surface area contributed by atoms with Crippen LogP contribution in [0.3, 0.4) is 0 Å². The van der Waals surface area contributed by atoms with E-state index in [1.54, 1.807) is 24.3 Å². The second kappa shape index (κ2) is 8.89. The van der Waals surface area contributed by atoms with Gasteiger partial charge in [0.15, 0.2) is 12.7 Å². The molecule has 2 aromatic carbocycles. The summed E-state index contributed by atoms with van der Waals surface area (Å²) in [6.07, 6.45) is -0.886. The number of nitrogens with one attached hydrogen (secondary N) is 2. The highest BCUT2D eigenvalue weighted by molar-refractivity contribution is 6.30. The Kier molecular flexibility index (Phi) is 6.59. The molecular formula is C17H16ClFN2O4. The number of ether oxygens (including phenoxy) is 2. The van der Waals surface area contributed by atoms with Crippen LogP contribution in [0.15, 0.2) is 48.5 Å². The highest BCUT2D eigenvalue weighted by atomic mass is 35.5. The van der Waals surface area contributed by atoms with Crippen molar-refractivity contribution in [2.75, 3.05) is 6.61 Å². The summed E-state index contributed by atoms with van der Waals surface area (Å²) < 4.78 is 23.4. The molecule has 0 aliphatic heterocycles. The van der Waals surface area contributed by atoms with Gasteiger partial charge in [-0.15, -0.1) is 0 Å². The number of halogens is 2. The topological polar surface area (TPSA) is 76.7 Å². The van der Waals surface area contributed by atoms with Crippen LogP contribution in [0.2, 0.25) is 5.02 Å². The summed E-state index contributed by atoms with van der Waals surface area (Å²) in [7, 11) is 0. The van der Waals surface area contributed by atoms with Crippen molar-refractivity contribution in [3.63, 3.8) is 0 Å². The number of hydrogen-bond acceptors (Lipinski definition) is 4. The predicted octanol–water partition coefficient (Wildman–Crippen LogP) is 2.47. The Bertz CT molecular complexity index is 722. The first-order valence-corrected chi connectivity index (χ1v) is 7.71. The van der Waals surface area contributed by atoms with Gasteiger partial charge in [-0.25, -0.2) is 4.39 Å². The maximum absolute atomic E-state index is 12.8. The van der Waals surface area contributed by atoms with E-state index in [0.717, 1.165) is 0 Å². The largest absolute Gasteiger partial charge is 0.484 e. The van der Waals surface area contributed by atoms with E-state index in [2.05, 4.69) is 10.9 Å². The van der Waals surface area contributed by atoms with Crippen molar-refractivity contribution in [1.29, 1.82) is 0 Å². The molecule has 25 heavy (non-hydrogen) atoms. The second-order valence-corrected chi connectivity index (χ2v) is 5.43. The normalized spacial score (nSPS) is 11.3. The summed E-state index contributed by atoms with van der Waals surface area (Å²) in [5.74, 6) is -0.709. The van der Waals surface area contributed by atoms with E-state index in [9.17, 15) is 14.0 Å². The van der Waals surface area contributed by atoms with Crippen molar-refractivity contribution in [1.82, 2.24) is 10.9 Å². The first-order chi connectivity index (χ1) is 11.9. The molecule has 1 atom stereocenters. The Morgan fingerprint density at radius 2 is 1.64 bits per heavy atom. The number of carbonyl (C=O) groups is 2. The molecule has 0 aliphatic rings. The fourth-order valence-corrected chi connectivity index (χ4v) is 1.85. The van der Waals surface area contributed by atoms with Crippen LogP contribution < -0.4 is 20.3 Å². The van der Waals surface area contributed by atoms with Crippen LogP contribution in [0.1, 0.15) is 6.92 Å². The van der Waals surface area contributed by atoms with Gasteiger partial charge in [0, 0.05) is 5.02 Å². The molecule has 6 nitrogen and oxygen atoms in total. The van der Waals surface area contributed by atoms with Crippen molar-refractivity contribution in [2.45, 2.75) is 13.0 Å². The third-order valence-electron chi connectivity index (χ3n) is 3.00. The van der Waals surface area contributed by atoms with E-state index < -0.39 is 23.7 Å². The first-order valence-electron chi connectivity index (χ1n) is 7.33. The lowest BCUT2D eigenvalue weighted by atomic mass is 10.3. The monoisotopic (exact) mass is 366 g/mol. The highest BCUT2D eigenvalue weighted by Gasteiger charge is 2.15. The van der Waals surface area contributed by atoms with Gasteiger partial charge in [-0.05, 0) is 55.5 Å². The molecule has 0 saturated heterocycles. The van der Waals surface area contributed by atoms with E-state index in [1.807, 2.05) is 0 Å². The minimum absolute atomic E-state index is 0.283. The molecule has 8 heteroatoms. The number of amides is 2. The highest BCUT2D eigenvalue weighted by Crippen LogP contribution is 2.15. The van der Waals surface area contributed by atoms with Gasteiger partial charge in [-0.2, -0.15) is 0 Å².